The maximum Gasteiger partial charge on any atom is 0.326 e. The number of likely N-dealkylation sites (tertiary alicyclic amines) is 1. The molecular weight excluding hydrogens is 306 g/mol. The van der Waals surface area contributed by atoms with Crippen molar-refractivity contribution >= 4 is 16.9 Å². The largest absolute Gasteiger partial charge is 0.341 e. The molecule has 1 aromatic carbocycles. The zero-order valence-electron chi connectivity index (χ0n) is 13.3. The Balaban J connectivity index is 1.47. The molecule has 1 saturated heterocycles. The number of nitrogens with zero attached hydrogens (tertiary/aromatic N) is 4. The fourth-order valence-corrected chi connectivity index (χ4v) is 3.44. The third-order valence-electron chi connectivity index (χ3n) is 4.66. The van der Waals surface area contributed by atoms with Gasteiger partial charge in [-0.3, -0.25) is 14.0 Å². The summed E-state index contributed by atoms with van der Waals surface area (Å²) in [5.41, 5.74) is 1.72. The van der Waals surface area contributed by atoms with Crippen LogP contribution in [0.1, 0.15) is 18.9 Å². The molecular formula is C17H19N5O2. The van der Waals surface area contributed by atoms with Gasteiger partial charge in [-0.25, -0.2) is 4.79 Å². The molecule has 3 heterocycles. The lowest BCUT2D eigenvalue weighted by Crippen LogP contribution is -2.41. The topological polar surface area (TPSA) is 75.9 Å². The van der Waals surface area contributed by atoms with Crippen LogP contribution in [0.25, 0.3) is 11.0 Å². The summed E-state index contributed by atoms with van der Waals surface area (Å²) in [4.78, 5) is 29.4. The molecule has 0 unspecified atom stereocenters. The molecule has 0 saturated carbocycles. The highest BCUT2D eigenvalue weighted by Gasteiger charge is 2.26. The van der Waals surface area contributed by atoms with E-state index in [4.69, 9.17) is 0 Å². The van der Waals surface area contributed by atoms with Crippen LogP contribution in [0.4, 0.5) is 0 Å². The number of aromatic nitrogens is 4. The predicted octanol–water partition coefficient (Wildman–Crippen LogP) is 1.39. The van der Waals surface area contributed by atoms with E-state index in [2.05, 4.69) is 10.1 Å². The number of H-pyrrole nitrogens is 1. The van der Waals surface area contributed by atoms with Crippen LogP contribution in [-0.4, -0.2) is 43.2 Å². The maximum absolute atomic E-state index is 12.3. The first-order valence-corrected chi connectivity index (χ1v) is 8.17. The summed E-state index contributed by atoms with van der Waals surface area (Å²) < 4.78 is 3.48. The molecule has 24 heavy (non-hydrogen) atoms. The molecule has 0 atom stereocenters. The number of piperidine rings is 1. The van der Waals surface area contributed by atoms with Gasteiger partial charge in [0.1, 0.15) is 6.54 Å². The molecule has 124 valence electrons. The number of rotatable bonds is 3. The Morgan fingerprint density at radius 3 is 2.75 bits per heavy atom. The summed E-state index contributed by atoms with van der Waals surface area (Å²) in [6.45, 7) is 1.60. The van der Waals surface area contributed by atoms with Crippen molar-refractivity contribution in [3.05, 3.63) is 53.2 Å². The molecule has 1 fully saturated rings. The first kappa shape index (κ1) is 14.7. The number of amides is 1. The summed E-state index contributed by atoms with van der Waals surface area (Å²) >= 11 is 0. The Bertz CT molecular complexity index is 901. The fraction of sp³-hybridized carbons (Fsp3) is 0.353. The van der Waals surface area contributed by atoms with Crippen LogP contribution >= 0.6 is 0 Å². The molecule has 0 aliphatic carbocycles. The maximum atomic E-state index is 12.3. The molecule has 0 radical (unpaired) electrons. The highest BCUT2D eigenvalue weighted by atomic mass is 16.2. The Morgan fingerprint density at radius 2 is 2.00 bits per heavy atom. The molecule has 0 spiro atoms. The minimum absolute atomic E-state index is 0.0717. The lowest BCUT2D eigenvalue weighted by molar-refractivity contribution is -0.133. The van der Waals surface area contributed by atoms with Gasteiger partial charge in [-0.1, -0.05) is 12.1 Å². The van der Waals surface area contributed by atoms with Crippen molar-refractivity contribution in [3.8, 4) is 0 Å². The van der Waals surface area contributed by atoms with Crippen molar-refractivity contribution < 1.29 is 4.79 Å². The predicted molar refractivity (Wildman–Crippen MR) is 89.6 cm³/mol. The van der Waals surface area contributed by atoms with Crippen molar-refractivity contribution in [2.75, 3.05) is 13.1 Å². The van der Waals surface area contributed by atoms with Gasteiger partial charge in [0.05, 0.1) is 11.0 Å². The van der Waals surface area contributed by atoms with E-state index in [0.717, 1.165) is 23.9 Å². The minimum Gasteiger partial charge on any atom is -0.341 e. The van der Waals surface area contributed by atoms with Gasteiger partial charge in [0.2, 0.25) is 5.91 Å². The molecule has 2 aromatic heterocycles. The van der Waals surface area contributed by atoms with E-state index >= 15 is 0 Å². The van der Waals surface area contributed by atoms with Crippen LogP contribution in [0, 0.1) is 0 Å². The third-order valence-corrected chi connectivity index (χ3v) is 4.66. The average molecular weight is 325 g/mol. The standard InChI is InChI=1S/C17H19N5O2/c23-16(12-21-9-3-8-18-21)20-10-6-13(7-11-20)22-15-5-2-1-4-14(15)19-17(22)24/h1-5,8-9,13H,6-7,10-12H2,(H,19,24). The van der Waals surface area contributed by atoms with Crippen LogP contribution in [0.15, 0.2) is 47.5 Å². The number of carbonyl (C=O) groups excluding carboxylic acids is 1. The quantitative estimate of drug-likeness (QED) is 0.790. The second kappa shape index (κ2) is 5.99. The second-order valence-electron chi connectivity index (χ2n) is 6.13. The Hall–Kier alpha value is -2.83. The van der Waals surface area contributed by atoms with E-state index in [0.29, 0.717) is 13.1 Å². The number of imidazole rings is 1. The van der Waals surface area contributed by atoms with Crippen molar-refractivity contribution in [1.82, 2.24) is 24.2 Å². The number of hydrogen-bond acceptors (Lipinski definition) is 3. The van der Waals surface area contributed by atoms with E-state index in [1.54, 1.807) is 17.1 Å². The number of hydrogen-bond donors (Lipinski definition) is 1. The molecule has 1 amide bonds. The van der Waals surface area contributed by atoms with E-state index in [1.807, 2.05) is 39.8 Å². The van der Waals surface area contributed by atoms with Gasteiger partial charge in [0, 0.05) is 31.5 Å². The number of nitrogens with one attached hydrogen (secondary N) is 1. The SMILES string of the molecule is O=C(Cn1cccn1)N1CCC(n2c(=O)[nH]c3ccccc32)CC1. The van der Waals surface area contributed by atoms with Gasteiger partial charge < -0.3 is 9.88 Å². The molecule has 1 aliphatic rings. The molecule has 4 rings (SSSR count). The number of fused-ring (bicyclic) bond motifs is 1. The van der Waals surface area contributed by atoms with Crippen molar-refractivity contribution in [1.29, 1.82) is 0 Å². The van der Waals surface area contributed by atoms with Crippen LogP contribution in [0.3, 0.4) is 0 Å². The molecule has 7 heteroatoms. The van der Waals surface area contributed by atoms with Crippen molar-refractivity contribution in [3.63, 3.8) is 0 Å². The molecule has 1 N–H and O–H groups in total. The minimum atomic E-state index is -0.0717. The zero-order valence-corrected chi connectivity index (χ0v) is 13.3. The Labute approximate surface area is 138 Å². The van der Waals surface area contributed by atoms with E-state index in [-0.39, 0.29) is 24.2 Å². The van der Waals surface area contributed by atoms with Crippen LogP contribution in [-0.2, 0) is 11.3 Å². The zero-order chi connectivity index (χ0) is 16.5. The first-order chi connectivity index (χ1) is 11.7. The van der Waals surface area contributed by atoms with Gasteiger partial charge >= 0.3 is 5.69 Å². The highest BCUT2D eigenvalue weighted by molar-refractivity contribution is 5.76. The second-order valence-corrected chi connectivity index (χ2v) is 6.13. The summed E-state index contributed by atoms with van der Waals surface area (Å²) in [5, 5.41) is 4.07. The van der Waals surface area contributed by atoms with E-state index in [9.17, 15) is 9.59 Å². The normalized spacial score (nSPS) is 15.9. The van der Waals surface area contributed by atoms with Crippen molar-refractivity contribution in [2.24, 2.45) is 0 Å². The Morgan fingerprint density at radius 1 is 1.21 bits per heavy atom. The third kappa shape index (κ3) is 2.62. The monoisotopic (exact) mass is 325 g/mol. The van der Waals surface area contributed by atoms with Crippen molar-refractivity contribution in [2.45, 2.75) is 25.4 Å². The van der Waals surface area contributed by atoms with E-state index < -0.39 is 0 Å². The summed E-state index contributed by atoms with van der Waals surface area (Å²) in [6, 6.07) is 9.66. The van der Waals surface area contributed by atoms with Crippen LogP contribution in [0.2, 0.25) is 0 Å². The number of benzene rings is 1. The van der Waals surface area contributed by atoms with Gasteiger partial charge in [-0.15, -0.1) is 0 Å². The van der Waals surface area contributed by atoms with Gasteiger partial charge in [0.25, 0.3) is 0 Å². The lowest BCUT2D eigenvalue weighted by atomic mass is 10.0. The summed E-state index contributed by atoms with van der Waals surface area (Å²) in [5.74, 6) is 0.0726. The lowest BCUT2D eigenvalue weighted by Gasteiger charge is -2.32. The molecule has 7 nitrogen and oxygen atoms in total. The van der Waals surface area contributed by atoms with Gasteiger partial charge in [0.15, 0.2) is 0 Å². The van der Waals surface area contributed by atoms with Gasteiger partial charge in [-0.2, -0.15) is 5.10 Å². The van der Waals surface area contributed by atoms with Gasteiger partial charge in [-0.05, 0) is 31.0 Å². The van der Waals surface area contributed by atoms with E-state index in [1.165, 1.54) is 0 Å². The smallest absolute Gasteiger partial charge is 0.326 e. The Kier molecular flexibility index (Phi) is 3.68. The average Bonchev–Trinajstić information content (AvgIpc) is 3.21. The molecule has 0 bridgehead atoms. The fourth-order valence-electron chi connectivity index (χ4n) is 3.44. The number of para-hydroxylation sites is 2. The van der Waals surface area contributed by atoms with Crippen LogP contribution in [0.5, 0.6) is 0 Å². The summed E-state index contributed by atoms with van der Waals surface area (Å²) in [7, 11) is 0. The molecule has 1 aliphatic heterocycles. The number of carbonyl (C=O) groups is 1. The first-order valence-electron chi connectivity index (χ1n) is 8.17. The summed E-state index contributed by atoms with van der Waals surface area (Å²) in [6.07, 6.45) is 5.03. The number of aromatic amines is 1. The van der Waals surface area contributed by atoms with Crippen LogP contribution < -0.4 is 5.69 Å². The highest BCUT2D eigenvalue weighted by Crippen LogP contribution is 2.24. The molecule has 3 aromatic rings.